The summed E-state index contributed by atoms with van der Waals surface area (Å²) in [5.41, 5.74) is 0. The number of nitrogens with zero attached hydrogens (tertiary/aromatic N) is 1. The van der Waals surface area contributed by atoms with E-state index in [4.69, 9.17) is 5.11 Å². The van der Waals surface area contributed by atoms with Crippen LogP contribution in [-0.4, -0.2) is 35.7 Å². The maximum Gasteiger partial charge on any atom is 0.0460 e. The molecular formula is C13H25NO. The van der Waals surface area contributed by atoms with E-state index in [1.165, 1.54) is 0 Å². The van der Waals surface area contributed by atoms with Gasteiger partial charge < -0.3 is 10.0 Å². The number of hydrogen-bond donors (Lipinski definition) is 1. The third-order valence-corrected chi connectivity index (χ3v) is 3.85. The van der Waals surface area contributed by atoms with Crippen molar-refractivity contribution in [1.82, 2.24) is 4.90 Å². The lowest BCUT2D eigenvalue weighted by molar-refractivity contribution is 0.0861. The molecule has 2 heteroatoms. The first-order chi connectivity index (χ1) is 7.19. The van der Waals surface area contributed by atoms with Crippen molar-refractivity contribution in [2.75, 3.05) is 19.7 Å². The zero-order valence-corrected chi connectivity index (χ0v) is 10.2. The molecule has 1 heterocycles. The molecule has 88 valence electrons. The Morgan fingerprint density at radius 2 is 2.00 bits per heavy atom. The van der Waals surface area contributed by atoms with E-state index in [2.05, 4.69) is 25.3 Å². The molecule has 0 saturated carbocycles. The molecule has 1 N–H and O–H groups in total. The standard InChI is InChI=1S/C13H25NO/c1-4-5-11(2)12(3)14-8-6-13(10-15)7-9-14/h4,11-13,15H,1,5-10H2,2-3H3. The molecule has 0 aromatic rings. The molecule has 0 amide bonds. The summed E-state index contributed by atoms with van der Waals surface area (Å²) in [4.78, 5) is 2.56. The molecular weight excluding hydrogens is 186 g/mol. The van der Waals surface area contributed by atoms with Crippen LogP contribution in [0.5, 0.6) is 0 Å². The predicted octanol–water partition coefficient (Wildman–Crippen LogP) is 2.29. The Morgan fingerprint density at radius 3 is 2.47 bits per heavy atom. The summed E-state index contributed by atoms with van der Waals surface area (Å²) in [6.45, 7) is 11.1. The lowest BCUT2D eigenvalue weighted by Gasteiger charge is -2.38. The average molecular weight is 211 g/mol. The Kier molecular flexibility index (Phi) is 5.34. The monoisotopic (exact) mass is 211 g/mol. The normalized spacial score (nSPS) is 23.7. The molecule has 0 aliphatic carbocycles. The second kappa shape index (κ2) is 6.29. The van der Waals surface area contributed by atoms with Gasteiger partial charge in [-0.25, -0.2) is 0 Å². The van der Waals surface area contributed by atoms with Crippen molar-refractivity contribution >= 4 is 0 Å². The Hall–Kier alpha value is -0.340. The minimum absolute atomic E-state index is 0.366. The van der Waals surface area contributed by atoms with Gasteiger partial charge in [0, 0.05) is 12.6 Å². The van der Waals surface area contributed by atoms with Crippen molar-refractivity contribution in [2.45, 2.75) is 39.2 Å². The number of likely N-dealkylation sites (tertiary alicyclic amines) is 1. The number of aliphatic hydroxyl groups is 1. The number of piperidine rings is 1. The molecule has 2 unspecified atom stereocenters. The van der Waals surface area contributed by atoms with Gasteiger partial charge in [0.15, 0.2) is 0 Å². The van der Waals surface area contributed by atoms with Gasteiger partial charge in [0.1, 0.15) is 0 Å². The topological polar surface area (TPSA) is 23.5 Å². The zero-order chi connectivity index (χ0) is 11.3. The maximum absolute atomic E-state index is 9.08. The second-order valence-corrected chi connectivity index (χ2v) is 4.90. The maximum atomic E-state index is 9.08. The molecule has 1 rings (SSSR count). The quantitative estimate of drug-likeness (QED) is 0.705. The average Bonchev–Trinajstić information content (AvgIpc) is 2.28. The van der Waals surface area contributed by atoms with Crippen LogP contribution >= 0.6 is 0 Å². The van der Waals surface area contributed by atoms with E-state index in [0.29, 0.717) is 24.5 Å². The smallest absolute Gasteiger partial charge is 0.0460 e. The van der Waals surface area contributed by atoms with E-state index in [0.717, 1.165) is 32.4 Å². The van der Waals surface area contributed by atoms with Gasteiger partial charge in [-0.15, -0.1) is 6.58 Å². The molecule has 1 aliphatic heterocycles. The molecule has 0 aromatic carbocycles. The molecule has 0 bridgehead atoms. The summed E-state index contributed by atoms with van der Waals surface area (Å²) in [5, 5.41) is 9.08. The number of rotatable bonds is 5. The van der Waals surface area contributed by atoms with Gasteiger partial charge in [0.25, 0.3) is 0 Å². The Balaban J connectivity index is 2.35. The first-order valence-electron chi connectivity index (χ1n) is 6.14. The molecule has 1 aliphatic rings. The first-order valence-corrected chi connectivity index (χ1v) is 6.14. The lowest BCUT2D eigenvalue weighted by Crippen LogP contribution is -2.43. The number of allylic oxidation sites excluding steroid dienone is 1. The van der Waals surface area contributed by atoms with E-state index in [1.807, 2.05) is 6.08 Å². The van der Waals surface area contributed by atoms with Gasteiger partial charge in [-0.05, 0) is 51.1 Å². The van der Waals surface area contributed by atoms with E-state index >= 15 is 0 Å². The van der Waals surface area contributed by atoms with Crippen LogP contribution < -0.4 is 0 Å². The summed E-state index contributed by atoms with van der Waals surface area (Å²) in [5.74, 6) is 1.23. The minimum Gasteiger partial charge on any atom is -0.396 e. The molecule has 1 fully saturated rings. The first kappa shape index (κ1) is 12.7. The van der Waals surface area contributed by atoms with Gasteiger partial charge in [-0.2, -0.15) is 0 Å². The van der Waals surface area contributed by atoms with Gasteiger partial charge >= 0.3 is 0 Å². The summed E-state index contributed by atoms with van der Waals surface area (Å²) in [6.07, 6.45) is 5.42. The molecule has 0 spiro atoms. The Bertz CT molecular complexity index is 185. The molecule has 0 radical (unpaired) electrons. The van der Waals surface area contributed by atoms with Crippen molar-refractivity contribution in [3.63, 3.8) is 0 Å². The van der Waals surface area contributed by atoms with Crippen LogP contribution in [0.3, 0.4) is 0 Å². The number of aliphatic hydroxyl groups excluding tert-OH is 1. The fraction of sp³-hybridized carbons (Fsp3) is 0.846. The second-order valence-electron chi connectivity index (χ2n) is 4.90. The summed E-state index contributed by atoms with van der Waals surface area (Å²) >= 11 is 0. The third-order valence-electron chi connectivity index (χ3n) is 3.85. The third kappa shape index (κ3) is 3.62. The largest absolute Gasteiger partial charge is 0.396 e. The Morgan fingerprint density at radius 1 is 1.40 bits per heavy atom. The van der Waals surface area contributed by atoms with E-state index in [-0.39, 0.29) is 0 Å². The molecule has 15 heavy (non-hydrogen) atoms. The van der Waals surface area contributed by atoms with Crippen molar-refractivity contribution in [3.05, 3.63) is 12.7 Å². The molecule has 2 atom stereocenters. The van der Waals surface area contributed by atoms with Crippen LogP contribution in [0.2, 0.25) is 0 Å². The van der Waals surface area contributed by atoms with Crippen molar-refractivity contribution < 1.29 is 5.11 Å². The summed E-state index contributed by atoms with van der Waals surface area (Å²) in [6, 6.07) is 0.641. The summed E-state index contributed by atoms with van der Waals surface area (Å²) < 4.78 is 0. The summed E-state index contributed by atoms with van der Waals surface area (Å²) in [7, 11) is 0. The van der Waals surface area contributed by atoms with Crippen LogP contribution in [0.4, 0.5) is 0 Å². The minimum atomic E-state index is 0.366. The van der Waals surface area contributed by atoms with Gasteiger partial charge in [0.2, 0.25) is 0 Å². The highest BCUT2D eigenvalue weighted by atomic mass is 16.3. The number of hydrogen-bond acceptors (Lipinski definition) is 2. The zero-order valence-electron chi connectivity index (χ0n) is 10.2. The van der Waals surface area contributed by atoms with Crippen molar-refractivity contribution in [2.24, 2.45) is 11.8 Å². The Labute approximate surface area is 94.0 Å². The van der Waals surface area contributed by atoms with Crippen molar-refractivity contribution in [1.29, 1.82) is 0 Å². The van der Waals surface area contributed by atoms with Crippen LogP contribution in [-0.2, 0) is 0 Å². The van der Waals surface area contributed by atoms with Crippen LogP contribution in [0.25, 0.3) is 0 Å². The highest BCUT2D eigenvalue weighted by Gasteiger charge is 2.24. The van der Waals surface area contributed by atoms with Gasteiger partial charge in [-0.3, -0.25) is 0 Å². The lowest BCUT2D eigenvalue weighted by atomic mass is 9.92. The van der Waals surface area contributed by atoms with Crippen LogP contribution in [0.15, 0.2) is 12.7 Å². The molecule has 2 nitrogen and oxygen atoms in total. The SMILES string of the molecule is C=CCC(C)C(C)N1CCC(CO)CC1. The van der Waals surface area contributed by atoms with E-state index < -0.39 is 0 Å². The van der Waals surface area contributed by atoms with Crippen molar-refractivity contribution in [3.8, 4) is 0 Å². The van der Waals surface area contributed by atoms with Crippen LogP contribution in [0, 0.1) is 11.8 Å². The van der Waals surface area contributed by atoms with E-state index in [1.54, 1.807) is 0 Å². The fourth-order valence-electron chi connectivity index (χ4n) is 2.36. The fourth-order valence-corrected chi connectivity index (χ4v) is 2.36. The molecule has 1 saturated heterocycles. The van der Waals surface area contributed by atoms with Gasteiger partial charge in [0.05, 0.1) is 0 Å². The van der Waals surface area contributed by atoms with Gasteiger partial charge in [-0.1, -0.05) is 13.0 Å². The van der Waals surface area contributed by atoms with E-state index in [9.17, 15) is 0 Å². The van der Waals surface area contributed by atoms with Crippen LogP contribution in [0.1, 0.15) is 33.1 Å². The highest BCUT2D eigenvalue weighted by Crippen LogP contribution is 2.22. The highest BCUT2D eigenvalue weighted by molar-refractivity contribution is 4.82. The molecule has 0 aromatic heterocycles. The predicted molar refractivity (Wildman–Crippen MR) is 64.8 cm³/mol.